The van der Waals surface area contributed by atoms with Gasteiger partial charge in [-0.3, -0.25) is 0 Å². The van der Waals surface area contributed by atoms with Gasteiger partial charge >= 0.3 is 99.1 Å². The third-order valence-corrected chi connectivity index (χ3v) is 5.75. The van der Waals surface area contributed by atoms with Gasteiger partial charge in [0.15, 0.2) is 0 Å². The van der Waals surface area contributed by atoms with Crippen molar-refractivity contribution < 1.29 is 45.2 Å². The smallest absolute Gasteiger partial charge is 1.00 e. The molecule has 4 heteroatoms. The molecule has 2 rings (SSSR count). The van der Waals surface area contributed by atoms with E-state index in [2.05, 4.69) is 53.4 Å². The average Bonchev–Trinajstić information content (AvgIpc) is 2.66. The largest absolute Gasteiger partial charge is 1.00 e. The van der Waals surface area contributed by atoms with Gasteiger partial charge in [-0.2, -0.15) is 0 Å². The van der Waals surface area contributed by atoms with Crippen molar-refractivity contribution in [2.75, 3.05) is 0 Å². The van der Waals surface area contributed by atoms with Crippen molar-refractivity contribution in [1.29, 1.82) is 0 Å². The molecule has 16 heavy (non-hydrogen) atoms. The minimum absolute atomic E-state index is 0. The van der Waals surface area contributed by atoms with E-state index >= 15 is 0 Å². The number of allylic oxidation sites excluding steroid dienone is 4. The maximum absolute atomic E-state index is 2.28. The van der Waals surface area contributed by atoms with Crippen molar-refractivity contribution in [3.8, 4) is 0 Å². The Bertz CT molecular complexity index is 444. The van der Waals surface area contributed by atoms with Crippen molar-refractivity contribution in [1.82, 2.24) is 0 Å². The number of hydrogen-bond donors (Lipinski definition) is 0. The maximum Gasteiger partial charge on any atom is -1.00 e. The fraction of sp³-hybridized carbons (Fsp3) is 0.333. The van der Waals surface area contributed by atoms with Gasteiger partial charge < -0.3 is 24.8 Å². The SMILES string of the molecule is CC1=C(c2[pH][c]([Ti+2])c(C)c2C)CC=C1.[Cl-].[Cl-]. The van der Waals surface area contributed by atoms with Gasteiger partial charge in [-0.15, -0.1) is 0 Å². The number of halogens is 2. The molecular formula is C12H14Cl2PTi. The minimum Gasteiger partial charge on any atom is -1.00 e. The molecule has 0 saturated carbocycles. The molecule has 1 aliphatic rings. The Morgan fingerprint density at radius 2 is 1.75 bits per heavy atom. The van der Waals surface area contributed by atoms with Crippen molar-refractivity contribution in [3.63, 3.8) is 0 Å². The average molecular weight is 308 g/mol. The summed E-state index contributed by atoms with van der Waals surface area (Å²) in [6.07, 6.45) is 5.67. The van der Waals surface area contributed by atoms with Gasteiger partial charge in [0.05, 0.1) is 0 Å². The van der Waals surface area contributed by atoms with Gasteiger partial charge in [0.1, 0.15) is 0 Å². The van der Waals surface area contributed by atoms with Gasteiger partial charge in [0.25, 0.3) is 0 Å². The summed E-state index contributed by atoms with van der Waals surface area (Å²) in [5.41, 5.74) is 6.09. The summed E-state index contributed by atoms with van der Waals surface area (Å²) >= 11 is 2.27. The molecule has 0 spiro atoms. The van der Waals surface area contributed by atoms with E-state index in [9.17, 15) is 0 Å². The second-order valence-electron chi connectivity index (χ2n) is 3.89. The van der Waals surface area contributed by atoms with E-state index in [1.165, 1.54) is 16.7 Å². The zero-order valence-electron chi connectivity index (χ0n) is 9.62. The zero-order valence-corrected chi connectivity index (χ0v) is 13.7. The first-order valence-corrected chi connectivity index (χ1v) is 6.66. The molecule has 0 nitrogen and oxygen atoms in total. The van der Waals surface area contributed by atoms with Gasteiger partial charge in [0, 0.05) is 0 Å². The van der Waals surface area contributed by atoms with Crippen LogP contribution in [-0.2, 0) is 20.4 Å². The summed E-state index contributed by atoms with van der Waals surface area (Å²) < 4.78 is 1.57. The molecule has 1 heterocycles. The second kappa shape index (κ2) is 6.48. The molecule has 1 aromatic rings. The van der Waals surface area contributed by atoms with E-state index in [-0.39, 0.29) is 24.8 Å². The van der Waals surface area contributed by atoms with Crippen LogP contribution in [0.15, 0.2) is 17.7 Å². The molecular weight excluding hydrogens is 294 g/mol. The predicted octanol–water partition coefficient (Wildman–Crippen LogP) is -2.75. The topological polar surface area (TPSA) is 0 Å². The maximum atomic E-state index is 2.28. The monoisotopic (exact) mass is 307 g/mol. The van der Waals surface area contributed by atoms with Gasteiger partial charge in [-0.05, 0) is 0 Å². The molecule has 1 atom stereocenters. The van der Waals surface area contributed by atoms with Crippen LogP contribution >= 0.6 is 8.19 Å². The fourth-order valence-corrected chi connectivity index (χ4v) is 4.23. The molecule has 0 radical (unpaired) electrons. The summed E-state index contributed by atoms with van der Waals surface area (Å²) in [6.45, 7) is 6.75. The first-order valence-electron chi connectivity index (χ1n) is 4.88. The molecule has 0 amide bonds. The van der Waals surface area contributed by atoms with Crippen LogP contribution in [0, 0.1) is 13.8 Å². The first kappa shape index (κ1) is 16.6. The van der Waals surface area contributed by atoms with Crippen molar-refractivity contribution >= 4 is 17.4 Å². The van der Waals surface area contributed by atoms with E-state index in [0.717, 1.165) is 14.6 Å². The third kappa shape index (κ3) is 2.86. The van der Waals surface area contributed by atoms with Crippen molar-refractivity contribution in [2.45, 2.75) is 27.2 Å². The molecule has 0 saturated heterocycles. The standard InChI is InChI=1S/C12H14P.2ClH.Ti/c1-8-5-4-6-11(8)12-10(3)9(2)7-13-12;;;/h4-5,13H,6H2,1-3H3;2*1H;/q;;;+2/p-2. The Balaban J connectivity index is 0.00000112. The van der Waals surface area contributed by atoms with Crippen LogP contribution in [0.3, 0.4) is 0 Å². The molecule has 0 aromatic carbocycles. The van der Waals surface area contributed by atoms with Crippen LogP contribution in [-0.4, -0.2) is 0 Å². The summed E-state index contributed by atoms with van der Waals surface area (Å²) in [5, 5.41) is 1.61. The van der Waals surface area contributed by atoms with Gasteiger partial charge in [-0.1, -0.05) is 0 Å². The second-order valence-corrected chi connectivity index (χ2v) is 6.70. The van der Waals surface area contributed by atoms with E-state index in [4.69, 9.17) is 0 Å². The quantitative estimate of drug-likeness (QED) is 0.494. The number of hydrogen-bond acceptors (Lipinski definition) is 0. The molecule has 85 valence electrons. The fourth-order valence-electron chi connectivity index (χ4n) is 1.90. The summed E-state index contributed by atoms with van der Waals surface area (Å²) in [7, 11) is 0.915. The van der Waals surface area contributed by atoms with Crippen LogP contribution in [0.4, 0.5) is 0 Å². The third-order valence-electron chi connectivity index (χ3n) is 3.03. The Morgan fingerprint density at radius 3 is 2.12 bits per heavy atom. The molecule has 1 aromatic heterocycles. The predicted molar refractivity (Wildman–Crippen MR) is 61.4 cm³/mol. The normalized spacial score (nSPS) is 14.3. The van der Waals surface area contributed by atoms with Crippen LogP contribution in [0.5, 0.6) is 0 Å². The molecule has 1 unspecified atom stereocenters. The summed E-state index contributed by atoms with van der Waals surface area (Å²) in [6, 6.07) is 0. The zero-order chi connectivity index (χ0) is 10.3. The molecule has 0 bridgehead atoms. The summed E-state index contributed by atoms with van der Waals surface area (Å²) in [5.74, 6) is 0. The minimum atomic E-state index is 0. The molecule has 1 aliphatic carbocycles. The van der Waals surface area contributed by atoms with Gasteiger partial charge in [0.2, 0.25) is 0 Å². The van der Waals surface area contributed by atoms with Crippen LogP contribution in [0.2, 0.25) is 0 Å². The number of rotatable bonds is 1. The Hall–Kier alpha value is 0.554. The van der Waals surface area contributed by atoms with Crippen molar-refractivity contribution in [3.05, 3.63) is 34.1 Å². The van der Waals surface area contributed by atoms with Crippen LogP contribution < -0.4 is 28.4 Å². The Morgan fingerprint density at radius 1 is 1.12 bits per heavy atom. The van der Waals surface area contributed by atoms with Crippen LogP contribution in [0.25, 0.3) is 5.57 Å². The summed E-state index contributed by atoms with van der Waals surface area (Å²) in [4.78, 5) is 0. The van der Waals surface area contributed by atoms with Crippen molar-refractivity contribution in [2.24, 2.45) is 0 Å². The van der Waals surface area contributed by atoms with E-state index in [1.807, 2.05) is 0 Å². The van der Waals surface area contributed by atoms with Gasteiger partial charge in [-0.25, -0.2) is 0 Å². The van der Waals surface area contributed by atoms with E-state index in [0.29, 0.717) is 0 Å². The van der Waals surface area contributed by atoms with Crippen LogP contribution in [0.1, 0.15) is 29.8 Å². The Kier molecular flexibility index (Phi) is 6.70. The molecule has 0 aliphatic heterocycles. The molecule has 0 N–H and O–H groups in total. The molecule has 0 fully saturated rings. The Labute approximate surface area is 123 Å². The van der Waals surface area contributed by atoms with E-state index in [1.54, 1.807) is 14.5 Å². The van der Waals surface area contributed by atoms with E-state index < -0.39 is 0 Å². The first-order chi connectivity index (χ1) is 6.61.